The van der Waals surface area contributed by atoms with E-state index in [9.17, 15) is 4.39 Å². The summed E-state index contributed by atoms with van der Waals surface area (Å²) in [7, 11) is 5.94. The molecule has 1 N–H and O–H groups in total. The molecular formula is C22H27FN4. The molecule has 1 aromatic rings. The van der Waals surface area contributed by atoms with Crippen LogP contribution in [0, 0.1) is 11.8 Å². The molecule has 1 aliphatic rings. The minimum Gasteiger partial charge on any atom is -0.372 e. The molecule has 0 saturated carbocycles. The Morgan fingerprint density at radius 3 is 2.59 bits per heavy atom. The molecule has 5 heteroatoms. The molecule has 27 heavy (non-hydrogen) atoms. The molecule has 1 aromatic carbocycles. The van der Waals surface area contributed by atoms with Crippen LogP contribution in [0.3, 0.4) is 0 Å². The maximum atomic E-state index is 12.5. The molecule has 0 radical (unpaired) electrons. The lowest BCUT2D eigenvalue weighted by Crippen LogP contribution is -2.20. The van der Waals surface area contributed by atoms with Crippen molar-refractivity contribution in [1.29, 1.82) is 0 Å². The standard InChI is InChI=1S/C22H27FN4/c1-26(2)17-20-7-5-4-6-15-24-18-25-22(20)13-10-19-8-11-21(12-9-19)27(3)16-14-23/h4-9,11-12,18H,14-17H2,1-3H3,(H,24,25)/b6-4?,7-5+,22-20+. The first kappa shape index (κ1) is 20.5. The molecule has 0 aliphatic carbocycles. The molecule has 0 aromatic heterocycles. The largest absolute Gasteiger partial charge is 0.372 e. The summed E-state index contributed by atoms with van der Waals surface area (Å²) in [6.07, 6.45) is 9.77. The molecule has 0 bridgehead atoms. The number of allylic oxidation sites excluding steroid dienone is 3. The number of benzene rings is 1. The van der Waals surface area contributed by atoms with Crippen molar-refractivity contribution in [2.75, 3.05) is 52.4 Å². The van der Waals surface area contributed by atoms with Gasteiger partial charge in [0, 0.05) is 31.4 Å². The highest BCUT2D eigenvalue weighted by Crippen LogP contribution is 2.13. The van der Waals surface area contributed by atoms with Crippen molar-refractivity contribution in [2.45, 2.75) is 0 Å². The number of hydrogen-bond acceptors (Lipinski definition) is 4. The van der Waals surface area contributed by atoms with E-state index in [2.05, 4.69) is 33.1 Å². The van der Waals surface area contributed by atoms with Gasteiger partial charge in [-0.3, -0.25) is 4.99 Å². The summed E-state index contributed by atoms with van der Waals surface area (Å²) in [5.41, 5.74) is 3.80. The van der Waals surface area contributed by atoms with Crippen molar-refractivity contribution in [3.05, 3.63) is 65.4 Å². The molecule has 0 saturated heterocycles. The molecule has 1 aliphatic heterocycles. The van der Waals surface area contributed by atoms with Gasteiger partial charge in [0.05, 0.1) is 18.6 Å². The summed E-state index contributed by atoms with van der Waals surface area (Å²) in [6.45, 7) is 1.42. The summed E-state index contributed by atoms with van der Waals surface area (Å²) in [5.74, 6) is 6.44. The number of likely N-dealkylation sites (N-methyl/N-ethyl adjacent to an activating group) is 1. The predicted molar refractivity (Wildman–Crippen MR) is 113 cm³/mol. The summed E-state index contributed by atoms with van der Waals surface area (Å²) in [4.78, 5) is 8.28. The fourth-order valence-corrected chi connectivity index (χ4v) is 2.49. The smallest absolute Gasteiger partial charge is 0.107 e. The van der Waals surface area contributed by atoms with Crippen LogP contribution in [0.2, 0.25) is 0 Å². The van der Waals surface area contributed by atoms with Gasteiger partial charge in [-0.25, -0.2) is 4.39 Å². The van der Waals surface area contributed by atoms with Gasteiger partial charge in [0.25, 0.3) is 0 Å². The molecular weight excluding hydrogens is 339 g/mol. The Kier molecular flexibility index (Phi) is 8.34. The Morgan fingerprint density at radius 2 is 1.89 bits per heavy atom. The van der Waals surface area contributed by atoms with E-state index < -0.39 is 0 Å². The number of halogens is 1. The number of nitrogens with one attached hydrogen (secondary N) is 1. The molecule has 0 atom stereocenters. The molecule has 2 rings (SSSR count). The van der Waals surface area contributed by atoms with Crippen LogP contribution in [-0.4, -0.2) is 58.7 Å². The maximum Gasteiger partial charge on any atom is 0.107 e. The van der Waals surface area contributed by atoms with E-state index in [1.165, 1.54) is 0 Å². The van der Waals surface area contributed by atoms with E-state index in [-0.39, 0.29) is 6.67 Å². The van der Waals surface area contributed by atoms with E-state index in [0.29, 0.717) is 13.1 Å². The minimum absolute atomic E-state index is 0.364. The van der Waals surface area contributed by atoms with Gasteiger partial charge in [-0.1, -0.05) is 30.2 Å². The second-order valence-electron chi connectivity index (χ2n) is 6.47. The summed E-state index contributed by atoms with van der Waals surface area (Å²) < 4.78 is 12.5. The van der Waals surface area contributed by atoms with Crippen LogP contribution in [0.1, 0.15) is 5.56 Å². The zero-order valence-electron chi connectivity index (χ0n) is 16.2. The van der Waals surface area contributed by atoms with E-state index in [1.807, 2.05) is 68.5 Å². The van der Waals surface area contributed by atoms with Gasteiger partial charge in [-0.15, -0.1) is 0 Å². The second kappa shape index (κ2) is 11.0. The number of nitrogens with zero attached hydrogens (tertiary/aromatic N) is 3. The van der Waals surface area contributed by atoms with Gasteiger partial charge in [-0.05, 0) is 49.9 Å². The average Bonchev–Trinajstić information content (AvgIpc) is 2.66. The van der Waals surface area contributed by atoms with E-state index >= 15 is 0 Å². The van der Waals surface area contributed by atoms with Gasteiger partial charge in [-0.2, -0.15) is 0 Å². The number of hydrogen-bond donors (Lipinski definition) is 1. The second-order valence-corrected chi connectivity index (χ2v) is 6.47. The fraction of sp³-hybridized carbons (Fsp3) is 0.318. The van der Waals surface area contributed by atoms with Gasteiger partial charge >= 0.3 is 0 Å². The van der Waals surface area contributed by atoms with Gasteiger partial charge in [0.1, 0.15) is 6.67 Å². The molecule has 142 valence electrons. The van der Waals surface area contributed by atoms with Crippen molar-refractivity contribution in [3.63, 3.8) is 0 Å². The topological polar surface area (TPSA) is 30.9 Å². The van der Waals surface area contributed by atoms with Crippen LogP contribution < -0.4 is 10.2 Å². The van der Waals surface area contributed by atoms with Crippen LogP contribution in [0.25, 0.3) is 0 Å². The average molecular weight is 366 g/mol. The Labute approximate surface area is 161 Å². The predicted octanol–water partition coefficient (Wildman–Crippen LogP) is 3.00. The van der Waals surface area contributed by atoms with Crippen LogP contribution >= 0.6 is 0 Å². The first-order valence-corrected chi connectivity index (χ1v) is 8.95. The zero-order chi connectivity index (χ0) is 19.5. The van der Waals surface area contributed by atoms with Crippen molar-refractivity contribution in [2.24, 2.45) is 4.99 Å². The Morgan fingerprint density at radius 1 is 1.11 bits per heavy atom. The van der Waals surface area contributed by atoms with Crippen LogP contribution in [0.15, 0.2) is 64.8 Å². The summed E-state index contributed by atoms with van der Waals surface area (Å²) in [6, 6.07) is 7.83. The number of alkyl halides is 1. The van der Waals surface area contributed by atoms with E-state index in [1.54, 1.807) is 6.34 Å². The maximum absolute atomic E-state index is 12.5. The lowest BCUT2D eigenvalue weighted by molar-refractivity contribution is 0.447. The first-order chi connectivity index (χ1) is 13.1. The highest BCUT2D eigenvalue weighted by molar-refractivity contribution is 5.62. The quantitative estimate of drug-likeness (QED) is 0.813. The van der Waals surface area contributed by atoms with Crippen LogP contribution in [-0.2, 0) is 0 Å². The monoisotopic (exact) mass is 366 g/mol. The molecule has 0 fully saturated rings. The lowest BCUT2D eigenvalue weighted by Gasteiger charge is -2.17. The minimum atomic E-state index is -0.364. The summed E-state index contributed by atoms with van der Waals surface area (Å²) >= 11 is 0. The normalized spacial score (nSPS) is 19.0. The Balaban J connectivity index is 2.28. The number of anilines is 1. The third-order valence-corrected chi connectivity index (χ3v) is 3.92. The third-order valence-electron chi connectivity index (χ3n) is 3.92. The van der Waals surface area contributed by atoms with E-state index in [4.69, 9.17) is 0 Å². The van der Waals surface area contributed by atoms with Gasteiger partial charge in [0.2, 0.25) is 0 Å². The van der Waals surface area contributed by atoms with Crippen molar-refractivity contribution in [3.8, 4) is 11.8 Å². The van der Waals surface area contributed by atoms with Crippen molar-refractivity contribution < 1.29 is 4.39 Å². The van der Waals surface area contributed by atoms with Crippen molar-refractivity contribution in [1.82, 2.24) is 10.2 Å². The molecule has 0 spiro atoms. The zero-order valence-corrected chi connectivity index (χ0v) is 16.2. The molecule has 0 unspecified atom stereocenters. The highest BCUT2D eigenvalue weighted by atomic mass is 19.1. The van der Waals surface area contributed by atoms with Crippen LogP contribution in [0.4, 0.5) is 10.1 Å². The molecule has 0 amide bonds. The van der Waals surface area contributed by atoms with E-state index in [0.717, 1.165) is 29.1 Å². The Bertz CT molecular complexity index is 777. The van der Waals surface area contributed by atoms with Crippen LogP contribution in [0.5, 0.6) is 0 Å². The molecule has 4 nitrogen and oxygen atoms in total. The molecule has 1 heterocycles. The van der Waals surface area contributed by atoms with Gasteiger partial charge in [0.15, 0.2) is 0 Å². The highest BCUT2D eigenvalue weighted by Gasteiger charge is 2.04. The summed E-state index contributed by atoms with van der Waals surface area (Å²) in [5, 5.41) is 3.21. The number of rotatable bonds is 5. The SMILES string of the molecule is CN(C)CC1=C(\C#Cc2ccc(N(C)CCF)cc2)N/C=N/CC=C\C=C\1. The Hall–Kier alpha value is -2.84. The fourth-order valence-electron chi connectivity index (χ4n) is 2.49. The number of aliphatic imine (C=N–C) groups is 1. The van der Waals surface area contributed by atoms with Crippen molar-refractivity contribution >= 4 is 12.0 Å². The van der Waals surface area contributed by atoms with Gasteiger partial charge < -0.3 is 15.1 Å². The lowest BCUT2D eigenvalue weighted by atomic mass is 10.1. The first-order valence-electron chi connectivity index (χ1n) is 8.95. The third kappa shape index (κ3) is 7.12.